The highest BCUT2D eigenvalue weighted by Gasteiger charge is 2.04. The van der Waals surface area contributed by atoms with Crippen molar-refractivity contribution in [3.8, 4) is 0 Å². The van der Waals surface area contributed by atoms with Gasteiger partial charge in [0.1, 0.15) is 5.82 Å². The van der Waals surface area contributed by atoms with Crippen LogP contribution in [0.1, 0.15) is 0 Å². The van der Waals surface area contributed by atoms with Crippen LogP contribution in [0, 0.1) is 9.39 Å². The third-order valence-corrected chi connectivity index (χ3v) is 2.44. The zero-order valence-corrected chi connectivity index (χ0v) is 9.76. The normalized spacial score (nSPS) is 9.93. The van der Waals surface area contributed by atoms with Gasteiger partial charge in [0, 0.05) is 3.57 Å². The van der Waals surface area contributed by atoms with Crippen LogP contribution in [0.15, 0.2) is 18.2 Å². The summed E-state index contributed by atoms with van der Waals surface area (Å²) in [6, 6.07) is 4.23. The molecule has 5 heteroatoms. The molecule has 0 saturated heterocycles. The smallest absolute Gasteiger partial charge is 0.238 e. The maximum absolute atomic E-state index is 12.7. The Morgan fingerprint density at radius 3 is 2.86 bits per heavy atom. The molecule has 14 heavy (non-hydrogen) atoms. The Hall–Kier alpha value is -0.690. The average Bonchev–Trinajstić information content (AvgIpc) is 2.10. The van der Waals surface area contributed by atoms with Crippen molar-refractivity contribution in [2.45, 2.75) is 0 Å². The minimum atomic E-state index is -0.305. The number of amides is 1. The van der Waals surface area contributed by atoms with E-state index in [1.165, 1.54) is 12.1 Å². The summed E-state index contributed by atoms with van der Waals surface area (Å²) in [6.45, 7) is 0.244. The number of nitrogens with one attached hydrogen (secondary N) is 2. The van der Waals surface area contributed by atoms with Crippen molar-refractivity contribution in [1.29, 1.82) is 0 Å². The molecule has 0 aliphatic heterocycles. The lowest BCUT2D eigenvalue weighted by atomic mass is 10.3. The fraction of sp³-hybridized carbons (Fsp3) is 0.222. The average molecular weight is 308 g/mol. The molecule has 1 aromatic rings. The molecule has 0 aromatic heterocycles. The summed E-state index contributed by atoms with van der Waals surface area (Å²) in [6.07, 6.45) is 0. The number of hydrogen-bond acceptors (Lipinski definition) is 2. The Morgan fingerprint density at radius 2 is 2.29 bits per heavy atom. The van der Waals surface area contributed by atoms with E-state index in [1.54, 1.807) is 13.1 Å². The van der Waals surface area contributed by atoms with Crippen LogP contribution in [0.3, 0.4) is 0 Å². The van der Waals surface area contributed by atoms with Gasteiger partial charge in [0.15, 0.2) is 0 Å². The van der Waals surface area contributed by atoms with E-state index < -0.39 is 0 Å². The first-order valence-electron chi connectivity index (χ1n) is 4.03. The minimum absolute atomic E-state index is 0.142. The molecule has 0 aliphatic rings. The van der Waals surface area contributed by atoms with Gasteiger partial charge in [-0.05, 0) is 47.8 Å². The van der Waals surface area contributed by atoms with Crippen LogP contribution >= 0.6 is 22.6 Å². The molecule has 0 spiro atoms. The molecule has 0 saturated carbocycles. The van der Waals surface area contributed by atoms with E-state index in [4.69, 9.17) is 0 Å². The predicted molar refractivity (Wildman–Crippen MR) is 61.7 cm³/mol. The van der Waals surface area contributed by atoms with Gasteiger partial charge in [-0.3, -0.25) is 4.79 Å². The van der Waals surface area contributed by atoms with Crippen molar-refractivity contribution in [2.75, 3.05) is 18.9 Å². The number of likely N-dealkylation sites (N-methyl/N-ethyl adjacent to an activating group) is 1. The summed E-state index contributed by atoms with van der Waals surface area (Å²) in [7, 11) is 1.69. The van der Waals surface area contributed by atoms with Gasteiger partial charge < -0.3 is 10.6 Å². The summed E-state index contributed by atoms with van der Waals surface area (Å²) < 4.78 is 13.4. The number of rotatable bonds is 3. The first kappa shape index (κ1) is 11.4. The second-order valence-corrected chi connectivity index (χ2v) is 3.86. The number of benzene rings is 1. The van der Waals surface area contributed by atoms with E-state index in [0.29, 0.717) is 9.26 Å². The molecule has 0 radical (unpaired) electrons. The van der Waals surface area contributed by atoms with E-state index in [2.05, 4.69) is 10.6 Å². The minimum Gasteiger partial charge on any atom is -0.324 e. The lowest BCUT2D eigenvalue weighted by molar-refractivity contribution is -0.115. The topological polar surface area (TPSA) is 41.1 Å². The van der Waals surface area contributed by atoms with Crippen molar-refractivity contribution in [3.63, 3.8) is 0 Å². The van der Waals surface area contributed by atoms with Gasteiger partial charge in [-0.25, -0.2) is 4.39 Å². The van der Waals surface area contributed by atoms with E-state index in [1.807, 2.05) is 22.6 Å². The van der Waals surface area contributed by atoms with Crippen molar-refractivity contribution in [3.05, 3.63) is 27.6 Å². The van der Waals surface area contributed by atoms with Gasteiger partial charge in [0.2, 0.25) is 5.91 Å². The van der Waals surface area contributed by atoms with Crippen LogP contribution < -0.4 is 10.6 Å². The second kappa shape index (κ2) is 5.26. The molecule has 0 unspecified atom stereocenters. The van der Waals surface area contributed by atoms with Crippen LogP contribution in [-0.2, 0) is 4.79 Å². The molecule has 0 atom stereocenters. The summed E-state index contributed by atoms with van der Waals surface area (Å²) >= 11 is 1.97. The zero-order chi connectivity index (χ0) is 10.6. The summed E-state index contributed by atoms with van der Waals surface area (Å²) in [5.74, 6) is -0.446. The molecule has 2 N–H and O–H groups in total. The number of carbonyl (C=O) groups excluding carboxylic acids is 1. The summed E-state index contributed by atoms with van der Waals surface area (Å²) in [5.41, 5.74) is 0.632. The fourth-order valence-corrected chi connectivity index (χ4v) is 1.56. The van der Waals surface area contributed by atoms with Gasteiger partial charge in [0.25, 0.3) is 0 Å². The molecule has 0 fully saturated rings. The first-order valence-corrected chi connectivity index (χ1v) is 5.11. The number of halogens is 2. The van der Waals surface area contributed by atoms with Crippen molar-refractivity contribution < 1.29 is 9.18 Å². The monoisotopic (exact) mass is 308 g/mol. The number of hydrogen-bond donors (Lipinski definition) is 2. The SMILES string of the molecule is CNCC(=O)Nc1ccc(F)cc1I. The number of anilines is 1. The van der Waals surface area contributed by atoms with Gasteiger partial charge >= 0.3 is 0 Å². The maximum atomic E-state index is 12.7. The number of carbonyl (C=O) groups is 1. The Balaban J connectivity index is 2.72. The third-order valence-electron chi connectivity index (χ3n) is 1.54. The molecule has 0 aliphatic carbocycles. The van der Waals surface area contributed by atoms with Crippen LogP contribution in [-0.4, -0.2) is 19.5 Å². The largest absolute Gasteiger partial charge is 0.324 e. The molecular formula is C9H10FIN2O. The highest BCUT2D eigenvalue weighted by Crippen LogP contribution is 2.18. The highest BCUT2D eigenvalue weighted by atomic mass is 127. The van der Waals surface area contributed by atoms with Gasteiger partial charge in [0.05, 0.1) is 12.2 Å². The lowest BCUT2D eigenvalue weighted by Crippen LogP contribution is -2.25. The van der Waals surface area contributed by atoms with Crippen LogP contribution in [0.4, 0.5) is 10.1 Å². The molecule has 0 bridgehead atoms. The quantitative estimate of drug-likeness (QED) is 0.833. The Morgan fingerprint density at radius 1 is 1.57 bits per heavy atom. The van der Waals surface area contributed by atoms with Gasteiger partial charge in [-0.15, -0.1) is 0 Å². The zero-order valence-electron chi connectivity index (χ0n) is 7.60. The fourth-order valence-electron chi connectivity index (χ4n) is 0.946. The van der Waals surface area contributed by atoms with Crippen LogP contribution in [0.25, 0.3) is 0 Å². The van der Waals surface area contributed by atoms with E-state index >= 15 is 0 Å². The van der Waals surface area contributed by atoms with Crippen molar-refractivity contribution in [2.24, 2.45) is 0 Å². The van der Waals surface area contributed by atoms with Gasteiger partial charge in [-0.2, -0.15) is 0 Å². The van der Waals surface area contributed by atoms with Crippen LogP contribution in [0.5, 0.6) is 0 Å². The Labute approximate surface area is 95.2 Å². The second-order valence-electron chi connectivity index (χ2n) is 2.70. The lowest BCUT2D eigenvalue weighted by Gasteiger charge is -2.06. The molecular weight excluding hydrogens is 298 g/mol. The van der Waals surface area contributed by atoms with E-state index in [-0.39, 0.29) is 18.3 Å². The first-order chi connectivity index (χ1) is 6.63. The third kappa shape index (κ3) is 3.22. The van der Waals surface area contributed by atoms with E-state index in [9.17, 15) is 9.18 Å². The molecule has 76 valence electrons. The van der Waals surface area contributed by atoms with E-state index in [0.717, 1.165) is 0 Å². The van der Waals surface area contributed by atoms with Gasteiger partial charge in [-0.1, -0.05) is 0 Å². The van der Waals surface area contributed by atoms with Crippen molar-refractivity contribution in [1.82, 2.24) is 5.32 Å². The molecule has 0 heterocycles. The van der Waals surface area contributed by atoms with Crippen molar-refractivity contribution >= 4 is 34.2 Å². The van der Waals surface area contributed by atoms with Crippen LogP contribution in [0.2, 0.25) is 0 Å². The molecule has 1 aromatic carbocycles. The highest BCUT2D eigenvalue weighted by molar-refractivity contribution is 14.1. The Bertz CT molecular complexity index is 344. The molecule has 3 nitrogen and oxygen atoms in total. The Kier molecular flexibility index (Phi) is 4.27. The summed E-state index contributed by atoms with van der Waals surface area (Å²) in [5, 5.41) is 5.39. The summed E-state index contributed by atoms with van der Waals surface area (Å²) in [4.78, 5) is 11.2. The maximum Gasteiger partial charge on any atom is 0.238 e. The standard InChI is InChI=1S/C9H10FIN2O/c1-12-5-9(14)13-8-3-2-6(10)4-7(8)11/h2-4,12H,5H2,1H3,(H,13,14). The molecule has 1 amide bonds. The molecule has 1 rings (SSSR count). The predicted octanol–water partition coefficient (Wildman–Crippen LogP) is 1.59.